The quantitative estimate of drug-likeness (QED) is 0.708. The average Bonchev–Trinajstić information content (AvgIpc) is 2.66. The van der Waals surface area contributed by atoms with Crippen molar-refractivity contribution >= 4 is 29.2 Å². The number of aliphatic carboxylic acids is 1. The fourth-order valence-corrected chi connectivity index (χ4v) is 3.04. The van der Waals surface area contributed by atoms with Crippen LogP contribution in [0, 0.1) is 5.92 Å². The van der Waals surface area contributed by atoms with E-state index in [0.29, 0.717) is 16.3 Å². The molecule has 2 aromatic carbocycles. The summed E-state index contributed by atoms with van der Waals surface area (Å²) in [5, 5.41) is 9.81. The van der Waals surface area contributed by atoms with Gasteiger partial charge in [0.2, 0.25) is 5.91 Å². The molecule has 5 nitrogen and oxygen atoms in total. The second-order valence-corrected chi connectivity index (χ2v) is 7.12. The summed E-state index contributed by atoms with van der Waals surface area (Å²) in [5.41, 5.74) is 8.39. The van der Waals surface area contributed by atoms with E-state index in [1.54, 1.807) is 18.2 Å². The zero-order valence-corrected chi connectivity index (χ0v) is 16.3. The maximum absolute atomic E-state index is 12.8. The van der Waals surface area contributed by atoms with Crippen molar-refractivity contribution in [2.45, 2.75) is 32.7 Å². The highest BCUT2D eigenvalue weighted by molar-refractivity contribution is 6.30. The minimum Gasteiger partial charge on any atom is -0.480 e. The van der Waals surface area contributed by atoms with Crippen LogP contribution in [0.1, 0.15) is 43.9 Å². The minimum atomic E-state index is -1.08. The van der Waals surface area contributed by atoms with Crippen LogP contribution in [0.3, 0.4) is 0 Å². The number of rotatable bonds is 8. The van der Waals surface area contributed by atoms with Gasteiger partial charge in [0.05, 0.1) is 6.04 Å². The van der Waals surface area contributed by atoms with Crippen LogP contribution >= 0.6 is 11.6 Å². The molecule has 0 heterocycles. The number of carbonyl (C=O) groups excluding carboxylic acids is 1. The van der Waals surface area contributed by atoms with Crippen LogP contribution < -0.4 is 10.6 Å². The van der Waals surface area contributed by atoms with Gasteiger partial charge >= 0.3 is 5.97 Å². The van der Waals surface area contributed by atoms with Crippen molar-refractivity contribution in [2.24, 2.45) is 11.7 Å². The first kappa shape index (κ1) is 20.9. The van der Waals surface area contributed by atoms with Crippen LogP contribution in [0.2, 0.25) is 5.02 Å². The normalized spacial score (nSPS) is 13.0. The summed E-state index contributed by atoms with van der Waals surface area (Å²) < 4.78 is 0. The number of anilines is 1. The Labute approximate surface area is 164 Å². The predicted octanol–water partition coefficient (Wildman–Crippen LogP) is 4.24. The molecular formula is C21H25ClN2O3. The van der Waals surface area contributed by atoms with E-state index in [1.807, 2.05) is 44.2 Å². The molecule has 0 bridgehead atoms. The Morgan fingerprint density at radius 3 is 2.44 bits per heavy atom. The van der Waals surface area contributed by atoms with Gasteiger partial charge in [-0.15, -0.1) is 0 Å². The van der Waals surface area contributed by atoms with Crippen molar-refractivity contribution in [3.63, 3.8) is 0 Å². The van der Waals surface area contributed by atoms with Gasteiger partial charge in [0, 0.05) is 17.1 Å². The molecule has 0 saturated heterocycles. The Morgan fingerprint density at radius 1 is 1.19 bits per heavy atom. The van der Waals surface area contributed by atoms with E-state index < -0.39 is 18.6 Å². The van der Waals surface area contributed by atoms with Gasteiger partial charge in [-0.1, -0.05) is 62.2 Å². The van der Waals surface area contributed by atoms with Crippen molar-refractivity contribution in [2.75, 3.05) is 11.4 Å². The minimum absolute atomic E-state index is 0.160. The molecule has 0 aliphatic heterocycles. The van der Waals surface area contributed by atoms with Crippen molar-refractivity contribution in [3.8, 4) is 0 Å². The first-order valence-corrected chi connectivity index (χ1v) is 9.33. The smallest absolute Gasteiger partial charge is 0.323 e. The summed E-state index contributed by atoms with van der Waals surface area (Å²) >= 11 is 6.17. The third-order valence-electron chi connectivity index (χ3n) is 4.59. The van der Waals surface area contributed by atoms with E-state index in [4.69, 9.17) is 17.3 Å². The SMILES string of the molecule is CC[C@H](C)CC(=O)N(CC(=O)O)c1ccc(Cl)cc1C(N)c1ccccc1. The molecule has 0 fully saturated rings. The molecule has 6 heteroatoms. The summed E-state index contributed by atoms with van der Waals surface area (Å²) in [6, 6.07) is 13.9. The van der Waals surface area contributed by atoms with Gasteiger partial charge in [0.25, 0.3) is 0 Å². The van der Waals surface area contributed by atoms with Gasteiger partial charge in [-0.25, -0.2) is 0 Å². The second-order valence-electron chi connectivity index (χ2n) is 6.68. The molecule has 1 unspecified atom stereocenters. The Morgan fingerprint density at radius 2 is 1.85 bits per heavy atom. The number of carbonyl (C=O) groups is 2. The number of carboxylic acid groups (broad SMARTS) is 1. The number of halogens is 1. The molecule has 144 valence electrons. The van der Waals surface area contributed by atoms with E-state index >= 15 is 0 Å². The number of nitrogens with two attached hydrogens (primary N) is 1. The third-order valence-corrected chi connectivity index (χ3v) is 4.82. The number of hydrogen-bond acceptors (Lipinski definition) is 3. The van der Waals surface area contributed by atoms with E-state index in [9.17, 15) is 14.7 Å². The van der Waals surface area contributed by atoms with Crippen molar-refractivity contribution in [3.05, 3.63) is 64.7 Å². The summed E-state index contributed by atoms with van der Waals surface area (Å²) in [6.07, 6.45) is 1.11. The Hall–Kier alpha value is -2.37. The molecule has 0 saturated carbocycles. The van der Waals surface area contributed by atoms with E-state index in [-0.39, 0.29) is 18.2 Å². The van der Waals surface area contributed by atoms with Gasteiger partial charge in [-0.05, 0) is 35.2 Å². The Kier molecular flexibility index (Phi) is 7.39. The number of nitrogens with zero attached hydrogens (tertiary/aromatic N) is 1. The van der Waals surface area contributed by atoms with Crippen LogP contribution in [0.25, 0.3) is 0 Å². The number of hydrogen-bond donors (Lipinski definition) is 2. The second kappa shape index (κ2) is 9.53. The standard InChI is InChI=1S/C21H25ClN2O3/c1-3-14(2)11-19(25)24(13-20(26)27)18-10-9-16(22)12-17(18)21(23)15-7-5-4-6-8-15/h4-10,12,14,21H,3,11,13,23H2,1-2H3,(H,26,27)/t14-,21?/m0/s1. The molecule has 0 aromatic heterocycles. The lowest BCUT2D eigenvalue weighted by Crippen LogP contribution is -2.37. The molecule has 0 aliphatic rings. The van der Waals surface area contributed by atoms with Crippen molar-refractivity contribution < 1.29 is 14.7 Å². The van der Waals surface area contributed by atoms with Crippen LogP contribution in [0.5, 0.6) is 0 Å². The topological polar surface area (TPSA) is 83.6 Å². The lowest BCUT2D eigenvalue weighted by Gasteiger charge is -2.27. The van der Waals surface area contributed by atoms with Gasteiger partial charge in [0.1, 0.15) is 6.54 Å². The number of benzene rings is 2. The molecule has 2 aromatic rings. The highest BCUT2D eigenvalue weighted by atomic mass is 35.5. The van der Waals surface area contributed by atoms with Gasteiger partial charge in [0.15, 0.2) is 0 Å². The van der Waals surface area contributed by atoms with Gasteiger partial charge in [-0.3, -0.25) is 9.59 Å². The lowest BCUT2D eigenvalue weighted by molar-refractivity contribution is -0.136. The number of carboxylic acids is 1. The Bertz CT molecular complexity index is 795. The molecule has 0 spiro atoms. The molecule has 3 N–H and O–H groups in total. The van der Waals surface area contributed by atoms with Gasteiger partial charge in [-0.2, -0.15) is 0 Å². The summed E-state index contributed by atoms with van der Waals surface area (Å²) in [4.78, 5) is 25.5. The summed E-state index contributed by atoms with van der Waals surface area (Å²) in [7, 11) is 0. The molecule has 0 radical (unpaired) electrons. The maximum Gasteiger partial charge on any atom is 0.323 e. The zero-order valence-electron chi connectivity index (χ0n) is 15.6. The fourth-order valence-electron chi connectivity index (χ4n) is 2.86. The van der Waals surface area contributed by atoms with Crippen molar-refractivity contribution in [1.29, 1.82) is 0 Å². The molecular weight excluding hydrogens is 364 g/mol. The molecule has 2 rings (SSSR count). The Balaban J connectivity index is 2.49. The summed E-state index contributed by atoms with van der Waals surface area (Å²) in [6.45, 7) is 3.54. The highest BCUT2D eigenvalue weighted by Crippen LogP contribution is 2.32. The maximum atomic E-state index is 12.8. The van der Waals surface area contributed by atoms with Crippen LogP contribution in [0.4, 0.5) is 5.69 Å². The fraction of sp³-hybridized carbons (Fsp3) is 0.333. The predicted molar refractivity (Wildman–Crippen MR) is 108 cm³/mol. The number of amides is 1. The molecule has 27 heavy (non-hydrogen) atoms. The van der Waals surface area contributed by atoms with E-state index in [1.165, 1.54) is 4.90 Å². The van der Waals surface area contributed by atoms with Crippen LogP contribution in [0.15, 0.2) is 48.5 Å². The largest absolute Gasteiger partial charge is 0.480 e. The summed E-state index contributed by atoms with van der Waals surface area (Å²) in [5.74, 6) is -1.16. The molecule has 1 amide bonds. The van der Waals surface area contributed by atoms with Crippen molar-refractivity contribution in [1.82, 2.24) is 0 Å². The lowest BCUT2D eigenvalue weighted by atomic mass is 9.96. The van der Waals surface area contributed by atoms with E-state index in [2.05, 4.69) is 0 Å². The highest BCUT2D eigenvalue weighted by Gasteiger charge is 2.25. The monoisotopic (exact) mass is 388 g/mol. The van der Waals surface area contributed by atoms with Crippen LogP contribution in [-0.2, 0) is 9.59 Å². The van der Waals surface area contributed by atoms with E-state index in [0.717, 1.165) is 12.0 Å². The van der Waals surface area contributed by atoms with Gasteiger partial charge < -0.3 is 15.7 Å². The first-order valence-electron chi connectivity index (χ1n) is 8.95. The van der Waals surface area contributed by atoms with Crippen LogP contribution in [-0.4, -0.2) is 23.5 Å². The first-order chi connectivity index (χ1) is 12.8. The molecule has 2 atom stereocenters. The molecule has 0 aliphatic carbocycles. The third kappa shape index (κ3) is 5.55. The zero-order chi connectivity index (χ0) is 20.0. The average molecular weight is 389 g/mol.